The third kappa shape index (κ3) is 4.00. The van der Waals surface area contributed by atoms with E-state index in [9.17, 15) is 9.18 Å². The number of hydrogen-bond donors (Lipinski definition) is 0. The Kier molecular flexibility index (Phi) is 4.42. The lowest BCUT2D eigenvalue weighted by Crippen LogP contribution is -2.06. The molecular formula is C17H14FN3O2. The van der Waals surface area contributed by atoms with Crippen molar-refractivity contribution in [2.75, 3.05) is 0 Å². The second-order valence-electron chi connectivity index (χ2n) is 5.00. The summed E-state index contributed by atoms with van der Waals surface area (Å²) >= 11 is 0. The van der Waals surface area contributed by atoms with Gasteiger partial charge in [-0.3, -0.25) is 0 Å². The van der Waals surface area contributed by atoms with Crippen LogP contribution in [-0.2, 0) is 17.9 Å². The second kappa shape index (κ2) is 6.83. The fourth-order valence-corrected chi connectivity index (χ4v) is 2.11. The molecule has 5 nitrogen and oxygen atoms in total. The van der Waals surface area contributed by atoms with Gasteiger partial charge in [-0.25, -0.2) is 18.9 Å². The Morgan fingerprint density at radius 2 is 1.96 bits per heavy atom. The molecule has 0 bridgehead atoms. The molecular weight excluding hydrogens is 297 g/mol. The third-order valence-corrected chi connectivity index (χ3v) is 3.26. The molecule has 0 N–H and O–H groups in total. The second-order valence-corrected chi connectivity index (χ2v) is 5.00. The fraction of sp³-hybridized carbons (Fsp3) is 0.118. The van der Waals surface area contributed by atoms with Crippen LogP contribution in [0.15, 0.2) is 61.2 Å². The SMILES string of the molecule is O=C(OCc1cccc(F)c1)c1ccc(Cn2cncn2)cc1. The predicted molar refractivity (Wildman–Crippen MR) is 81.1 cm³/mol. The van der Waals surface area contributed by atoms with Gasteiger partial charge in [-0.05, 0) is 35.4 Å². The van der Waals surface area contributed by atoms with Gasteiger partial charge in [0.2, 0.25) is 0 Å². The number of carbonyl (C=O) groups is 1. The van der Waals surface area contributed by atoms with Crippen LogP contribution in [0.4, 0.5) is 4.39 Å². The Hall–Kier alpha value is -3.02. The fourth-order valence-electron chi connectivity index (χ4n) is 2.11. The maximum absolute atomic E-state index is 13.1. The number of ether oxygens (including phenoxy) is 1. The lowest BCUT2D eigenvalue weighted by Gasteiger charge is -2.06. The van der Waals surface area contributed by atoms with Crippen LogP contribution in [0.3, 0.4) is 0 Å². The van der Waals surface area contributed by atoms with Crippen molar-refractivity contribution >= 4 is 5.97 Å². The van der Waals surface area contributed by atoms with Crippen molar-refractivity contribution in [1.29, 1.82) is 0 Å². The van der Waals surface area contributed by atoms with Crippen molar-refractivity contribution in [2.45, 2.75) is 13.2 Å². The van der Waals surface area contributed by atoms with E-state index in [-0.39, 0.29) is 12.4 Å². The van der Waals surface area contributed by atoms with Crippen LogP contribution >= 0.6 is 0 Å². The van der Waals surface area contributed by atoms with Gasteiger partial charge < -0.3 is 4.74 Å². The number of hydrogen-bond acceptors (Lipinski definition) is 4. The molecule has 3 aromatic rings. The molecule has 0 unspecified atom stereocenters. The molecule has 2 aromatic carbocycles. The zero-order valence-corrected chi connectivity index (χ0v) is 12.2. The summed E-state index contributed by atoms with van der Waals surface area (Å²) in [6, 6.07) is 13.0. The minimum atomic E-state index is -0.443. The largest absolute Gasteiger partial charge is 0.457 e. The average Bonchev–Trinajstić information content (AvgIpc) is 3.06. The maximum Gasteiger partial charge on any atom is 0.338 e. The van der Waals surface area contributed by atoms with E-state index in [2.05, 4.69) is 10.1 Å². The molecule has 0 saturated heterocycles. The molecule has 0 aliphatic heterocycles. The predicted octanol–water partition coefficient (Wildman–Crippen LogP) is 2.82. The van der Waals surface area contributed by atoms with E-state index in [1.165, 1.54) is 18.5 Å². The quantitative estimate of drug-likeness (QED) is 0.680. The molecule has 0 saturated carbocycles. The number of esters is 1. The first-order chi connectivity index (χ1) is 11.2. The molecule has 1 heterocycles. The van der Waals surface area contributed by atoms with Gasteiger partial charge in [0.15, 0.2) is 0 Å². The molecule has 0 radical (unpaired) electrons. The summed E-state index contributed by atoms with van der Waals surface area (Å²) < 4.78 is 19.9. The number of aromatic nitrogens is 3. The molecule has 1 aromatic heterocycles. The van der Waals surface area contributed by atoms with Crippen molar-refractivity contribution in [3.63, 3.8) is 0 Å². The van der Waals surface area contributed by atoms with Gasteiger partial charge in [0.25, 0.3) is 0 Å². The minimum absolute atomic E-state index is 0.0390. The van der Waals surface area contributed by atoms with Crippen molar-refractivity contribution in [1.82, 2.24) is 14.8 Å². The van der Waals surface area contributed by atoms with Crippen LogP contribution in [0.1, 0.15) is 21.5 Å². The monoisotopic (exact) mass is 311 g/mol. The highest BCUT2D eigenvalue weighted by Crippen LogP contribution is 2.10. The summed E-state index contributed by atoms with van der Waals surface area (Å²) in [5.74, 6) is -0.794. The van der Waals surface area contributed by atoms with E-state index in [1.807, 2.05) is 12.1 Å². The van der Waals surface area contributed by atoms with E-state index < -0.39 is 5.97 Å². The Bertz CT molecular complexity index is 786. The van der Waals surface area contributed by atoms with Gasteiger partial charge in [0.1, 0.15) is 25.1 Å². The molecule has 0 aliphatic carbocycles. The summed E-state index contributed by atoms with van der Waals surface area (Å²) in [5.41, 5.74) is 2.06. The molecule has 116 valence electrons. The molecule has 0 spiro atoms. The number of benzene rings is 2. The standard InChI is InChI=1S/C17H14FN3O2/c18-16-3-1-2-14(8-16)10-23-17(22)15-6-4-13(5-7-15)9-21-12-19-11-20-21/h1-8,11-12H,9-10H2. The van der Waals surface area contributed by atoms with Crippen LogP contribution in [0.25, 0.3) is 0 Å². The molecule has 0 amide bonds. The summed E-state index contributed by atoms with van der Waals surface area (Å²) in [4.78, 5) is 15.9. The van der Waals surface area contributed by atoms with Crippen molar-refractivity contribution in [3.8, 4) is 0 Å². The van der Waals surface area contributed by atoms with Crippen LogP contribution in [0, 0.1) is 5.82 Å². The van der Waals surface area contributed by atoms with E-state index in [1.54, 1.807) is 35.3 Å². The first-order valence-electron chi connectivity index (χ1n) is 7.03. The Labute approximate surface area is 132 Å². The van der Waals surface area contributed by atoms with Crippen LogP contribution < -0.4 is 0 Å². The van der Waals surface area contributed by atoms with Gasteiger partial charge in [-0.2, -0.15) is 5.10 Å². The average molecular weight is 311 g/mol. The van der Waals surface area contributed by atoms with Gasteiger partial charge in [-0.1, -0.05) is 24.3 Å². The van der Waals surface area contributed by atoms with Gasteiger partial charge >= 0.3 is 5.97 Å². The minimum Gasteiger partial charge on any atom is -0.457 e. The van der Waals surface area contributed by atoms with Gasteiger partial charge in [0, 0.05) is 0 Å². The lowest BCUT2D eigenvalue weighted by atomic mass is 10.1. The summed E-state index contributed by atoms with van der Waals surface area (Å²) in [7, 11) is 0. The number of halogens is 1. The van der Waals surface area contributed by atoms with E-state index in [0.717, 1.165) is 5.56 Å². The zero-order valence-electron chi connectivity index (χ0n) is 12.2. The van der Waals surface area contributed by atoms with E-state index in [4.69, 9.17) is 4.74 Å². The van der Waals surface area contributed by atoms with Crippen molar-refractivity contribution < 1.29 is 13.9 Å². The van der Waals surface area contributed by atoms with E-state index in [0.29, 0.717) is 17.7 Å². The van der Waals surface area contributed by atoms with E-state index >= 15 is 0 Å². The summed E-state index contributed by atoms with van der Waals surface area (Å²) in [6.07, 6.45) is 3.10. The maximum atomic E-state index is 13.1. The Morgan fingerprint density at radius 1 is 1.13 bits per heavy atom. The van der Waals surface area contributed by atoms with Crippen LogP contribution in [0.5, 0.6) is 0 Å². The number of rotatable bonds is 5. The summed E-state index contributed by atoms with van der Waals surface area (Å²) in [6.45, 7) is 0.621. The first kappa shape index (κ1) is 14.9. The van der Waals surface area contributed by atoms with Crippen molar-refractivity contribution in [2.24, 2.45) is 0 Å². The number of nitrogens with zero attached hydrogens (tertiary/aromatic N) is 3. The first-order valence-corrected chi connectivity index (χ1v) is 7.03. The summed E-state index contributed by atoms with van der Waals surface area (Å²) in [5, 5.41) is 4.02. The Balaban J connectivity index is 1.59. The highest BCUT2D eigenvalue weighted by atomic mass is 19.1. The van der Waals surface area contributed by atoms with Gasteiger partial charge in [0.05, 0.1) is 12.1 Å². The Morgan fingerprint density at radius 3 is 2.65 bits per heavy atom. The highest BCUT2D eigenvalue weighted by molar-refractivity contribution is 5.89. The molecule has 0 atom stereocenters. The number of carbonyl (C=O) groups excluding carboxylic acids is 1. The lowest BCUT2D eigenvalue weighted by molar-refractivity contribution is 0.0472. The highest BCUT2D eigenvalue weighted by Gasteiger charge is 2.08. The van der Waals surface area contributed by atoms with Crippen LogP contribution in [0.2, 0.25) is 0 Å². The molecule has 3 rings (SSSR count). The zero-order chi connectivity index (χ0) is 16.1. The van der Waals surface area contributed by atoms with Gasteiger partial charge in [-0.15, -0.1) is 0 Å². The molecule has 0 aliphatic rings. The van der Waals surface area contributed by atoms with Crippen LogP contribution in [-0.4, -0.2) is 20.7 Å². The molecule has 6 heteroatoms. The topological polar surface area (TPSA) is 57.0 Å². The van der Waals surface area contributed by atoms with Crippen molar-refractivity contribution in [3.05, 3.63) is 83.7 Å². The smallest absolute Gasteiger partial charge is 0.338 e. The normalized spacial score (nSPS) is 10.5. The third-order valence-electron chi connectivity index (χ3n) is 3.26. The molecule has 23 heavy (non-hydrogen) atoms. The molecule has 0 fully saturated rings.